The maximum atomic E-state index is 5.41. The van der Waals surface area contributed by atoms with E-state index in [4.69, 9.17) is 5.73 Å². The van der Waals surface area contributed by atoms with Crippen molar-refractivity contribution in [3.63, 3.8) is 0 Å². The third kappa shape index (κ3) is 2.17. The Kier molecular flexibility index (Phi) is 2.55. The molecule has 2 aromatic heterocycles. The van der Waals surface area contributed by atoms with E-state index in [0.29, 0.717) is 5.82 Å². The molecule has 0 aromatic carbocycles. The molecule has 6 heteroatoms. The molecule has 0 aliphatic carbocycles. The van der Waals surface area contributed by atoms with Gasteiger partial charge < -0.3 is 5.73 Å². The normalized spacial score (nSPS) is 10.0. The number of hydrogen-bond acceptors (Lipinski definition) is 6. The molecule has 0 aliphatic heterocycles. The summed E-state index contributed by atoms with van der Waals surface area (Å²) < 4.78 is 0. The van der Waals surface area contributed by atoms with Crippen LogP contribution in [0.3, 0.4) is 0 Å². The van der Waals surface area contributed by atoms with Gasteiger partial charge in [0.05, 0.1) is 12.4 Å². The van der Waals surface area contributed by atoms with Crippen LogP contribution in [-0.2, 0) is 0 Å². The molecule has 0 aliphatic rings. The molecule has 0 atom stereocenters. The molecule has 2 rings (SSSR count). The molecule has 2 N–H and O–H groups in total. The molecule has 0 saturated heterocycles. The standard InChI is InChI=1S/C8H7N5S/c9-6-3-12-8(4-11-6)14-7-1-2-10-5-13-7/h1-5H,(H2,9,11). The second-order valence-electron chi connectivity index (χ2n) is 2.43. The Labute approximate surface area is 84.8 Å². The van der Waals surface area contributed by atoms with Crippen molar-refractivity contribution in [3.8, 4) is 0 Å². The summed E-state index contributed by atoms with van der Waals surface area (Å²) in [5, 5.41) is 1.59. The zero-order chi connectivity index (χ0) is 9.80. The highest BCUT2D eigenvalue weighted by Crippen LogP contribution is 2.22. The van der Waals surface area contributed by atoms with Crippen molar-refractivity contribution in [3.05, 3.63) is 31.0 Å². The highest BCUT2D eigenvalue weighted by atomic mass is 32.2. The van der Waals surface area contributed by atoms with Gasteiger partial charge in [-0.2, -0.15) is 0 Å². The van der Waals surface area contributed by atoms with E-state index in [1.807, 2.05) is 6.07 Å². The smallest absolute Gasteiger partial charge is 0.141 e. The molecule has 2 aromatic rings. The molecule has 0 unspecified atom stereocenters. The number of hydrogen-bond donors (Lipinski definition) is 1. The lowest BCUT2D eigenvalue weighted by molar-refractivity contribution is 1.02. The second-order valence-corrected chi connectivity index (χ2v) is 3.47. The fraction of sp³-hybridized carbons (Fsp3) is 0. The van der Waals surface area contributed by atoms with Crippen molar-refractivity contribution in [1.29, 1.82) is 0 Å². The van der Waals surface area contributed by atoms with Crippen LogP contribution < -0.4 is 5.73 Å². The van der Waals surface area contributed by atoms with Crippen LogP contribution in [0.5, 0.6) is 0 Å². The van der Waals surface area contributed by atoms with Gasteiger partial charge in [0.1, 0.15) is 22.2 Å². The molecule has 0 bridgehead atoms. The SMILES string of the molecule is Nc1cnc(Sc2ccncn2)cn1. The van der Waals surface area contributed by atoms with Gasteiger partial charge in [0.15, 0.2) is 0 Å². The Balaban J connectivity index is 2.16. The number of nitrogen functional groups attached to an aromatic ring is 1. The minimum Gasteiger partial charge on any atom is -0.382 e. The molecule has 2 heterocycles. The van der Waals surface area contributed by atoms with E-state index < -0.39 is 0 Å². The minimum absolute atomic E-state index is 0.414. The van der Waals surface area contributed by atoms with E-state index in [0.717, 1.165) is 10.1 Å². The van der Waals surface area contributed by atoms with E-state index in [1.54, 1.807) is 12.4 Å². The third-order valence-electron chi connectivity index (χ3n) is 1.41. The molecular formula is C8H7N5S. The quantitative estimate of drug-likeness (QED) is 0.737. The van der Waals surface area contributed by atoms with Crippen molar-refractivity contribution in [1.82, 2.24) is 19.9 Å². The number of rotatable bonds is 2. The summed E-state index contributed by atoms with van der Waals surface area (Å²) in [7, 11) is 0. The van der Waals surface area contributed by atoms with E-state index in [-0.39, 0.29) is 0 Å². The summed E-state index contributed by atoms with van der Waals surface area (Å²) >= 11 is 1.42. The highest BCUT2D eigenvalue weighted by molar-refractivity contribution is 7.99. The monoisotopic (exact) mass is 205 g/mol. The minimum atomic E-state index is 0.414. The van der Waals surface area contributed by atoms with E-state index in [1.165, 1.54) is 24.3 Å². The summed E-state index contributed by atoms with van der Waals surface area (Å²) in [5.74, 6) is 0.414. The van der Waals surface area contributed by atoms with Crippen molar-refractivity contribution < 1.29 is 0 Å². The van der Waals surface area contributed by atoms with Gasteiger partial charge in [0, 0.05) is 6.20 Å². The number of anilines is 1. The summed E-state index contributed by atoms with van der Waals surface area (Å²) in [6.45, 7) is 0. The maximum absolute atomic E-state index is 5.41. The van der Waals surface area contributed by atoms with E-state index >= 15 is 0 Å². The summed E-state index contributed by atoms with van der Waals surface area (Å²) in [5.41, 5.74) is 5.41. The molecule has 14 heavy (non-hydrogen) atoms. The van der Waals surface area contributed by atoms with Crippen LogP contribution in [0.1, 0.15) is 0 Å². The Hall–Kier alpha value is -1.69. The van der Waals surface area contributed by atoms with E-state index in [2.05, 4.69) is 19.9 Å². The zero-order valence-corrected chi connectivity index (χ0v) is 7.98. The van der Waals surface area contributed by atoms with Crippen molar-refractivity contribution in [2.45, 2.75) is 10.1 Å². The van der Waals surface area contributed by atoms with Gasteiger partial charge in [0.25, 0.3) is 0 Å². The van der Waals surface area contributed by atoms with Gasteiger partial charge >= 0.3 is 0 Å². The first-order valence-corrected chi connectivity index (χ1v) is 4.67. The predicted molar refractivity (Wildman–Crippen MR) is 52.6 cm³/mol. The summed E-state index contributed by atoms with van der Waals surface area (Å²) in [4.78, 5) is 15.9. The van der Waals surface area contributed by atoms with Gasteiger partial charge in [-0.05, 0) is 17.8 Å². The number of aromatic nitrogens is 4. The highest BCUT2D eigenvalue weighted by Gasteiger charge is 1.99. The van der Waals surface area contributed by atoms with Crippen molar-refractivity contribution >= 4 is 17.6 Å². The maximum Gasteiger partial charge on any atom is 0.141 e. The largest absolute Gasteiger partial charge is 0.382 e. The summed E-state index contributed by atoms with van der Waals surface area (Å²) in [6, 6.07) is 1.81. The second kappa shape index (κ2) is 4.01. The Morgan fingerprint density at radius 3 is 2.64 bits per heavy atom. The molecule has 0 spiro atoms. The average molecular weight is 205 g/mol. The van der Waals surface area contributed by atoms with Crippen LogP contribution in [0.2, 0.25) is 0 Å². The molecule has 0 amide bonds. The van der Waals surface area contributed by atoms with E-state index in [9.17, 15) is 0 Å². The molecule has 70 valence electrons. The lowest BCUT2D eigenvalue weighted by Crippen LogP contribution is -1.91. The Bertz CT molecular complexity index is 402. The van der Waals surface area contributed by atoms with Crippen LogP contribution in [-0.4, -0.2) is 19.9 Å². The van der Waals surface area contributed by atoms with Gasteiger partial charge in [0.2, 0.25) is 0 Å². The van der Waals surface area contributed by atoms with Gasteiger partial charge in [-0.3, -0.25) is 0 Å². The van der Waals surface area contributed by atoms with Crippen LogP contribution in [0.25, 0.3) is 0 Å². The third-order valence-corrected chi connectivity index (χ3v) is 2.28. The topological polar surface area (TPSA) is 77.6 Å². The first kappa shape index (κ1) is 8.89. The van der Waals surface area contributed by atoms with Crippen molar-refractivity contribution in [2.24, 2.45) is 0 Å². The lowest BCUT2D eigenvalue weighted by atomic mass is 10.7. The molecule has 0 saturated carbocycles. The van der Waals surface area contributed by atoms with Gasteiger partial charge in [-0.1, -0.05) is 0 Å². The van der Waals surface area contributed by atoms with Gasteiger partial charge in [-0.15, -0.1) is 0 Å². The molecule has 5 nitrogen and oxygen atoms in total. The van der Waals surface area contributed by atoms with Crippen LogP contribution in [0.4, 0.5) is 5.82 Å². The Morgan fingerprint density at radius 1 is 1.07 bits per heavy atom. The van der Waals surface area contributed by atoms with Crippen LogP contribution >= 0.6 is 11.8 Å². The van der Waals surface area contributed by atoms with Crippen LogP contribution in [0, 0.1) is 0 Å². The average Bonchev–Trinajstić information content (AvgIpc) is 2.23. The van der Waals surface area contributed by atoms with Crippen molar-refractivity contribution in [2.75, 3.05) is 5.73 Å². The number of nitrogens with two attached hydrogens (primary N) is 1. The fourth-order valence-electron chi connectivity index (χ4n) is 0.825. The zero-order valence-electron chi connectivity index (χ0n) is 7.16. The lowest BCUT2D eigenvalue weighted by Gasteiger charge is -1.98. The first-order valence-electron chi connectivity index (χ1n) is 3.86. The molecular weight excluding hydrogens is 198 g/mol. The van der Waals surface area contributed by atoms with Gasteiger partial charge in [-0.25, -0.2) is 19.9 Å². The first-order chi connectivity index (χ1) is 6.84. The van der Waals surface area contributed by atoms with Crippen LogP contribution in [0.15, 0.2) is 41.0 Å². The summed E-state index contributed by atoms with van der Waals surface area (Å²) in [6.07, 6.45) is 6.30. The number of nitrogens with zero attached hydrogens (tertiary/aromatic N) is 4. The fourth-order valence-corrected chi connectivity index (χ4v) is 1.48. The Morgan fingerprint density at radius 2 is 2.00 bits per heavy atom. The molecule has 0 radical (unpaired) electrons. The molecule has 0 fully saturated rings. The predicted octanol–water partition coefficient (Wildman–Crippen LogP) is 1.00.